The Kier molecular flexibility index (Phi) is 2.91. The van der Waals surface area contributed by atoms with Gasteiger partial charge in [-0.15, -0.1) is 0 Å². The largest absolute Gasteiger partial charge is 0.463 e. The predicted molar refractivity (Wildman–Crippen MR) is 52.5 cm³/mol. The topological polar surface area (TPSA) is 94.5 Å². The molecule has 0 amide bonds. The minimum atomic E-state index is -2.24. The van der Waals surface area contributed by atoms with Gasteiger partial charge in [0.15, 0.2) is 24.3 Å². The van der Waals surface area contributed by atoms with Crippen LogP contribution in [0, 0.1) is 0 Å². The summed E-state index contributed by atoms with van der Waals surface area (Å²) in [7, 11) is 0. The minimum Gasteiger partial charge on any atom is -0.463 e. The lowest BCUT2D eigenvalue weighted by Gasteiger charge is -2.28. The van der Waals surface area contributed by atoms with Gasteiger partial charge >= 0.3 is 5.97 Å². The minimum absolute atomic E-state index is 0.261. The molecule has 2 N–H and O–H groups in total. The number of ether oxygens (including phenoxy) is 4. The number of rotatable bonds is 2. The van der Waals surface area contributed by atoms with Crippen LogP contribution >= 0.6 is 0 Å². The number of esters is 1. The number of hydrogen-bond acceptors (Lipinski definition) is 7. The van der Waals surface area contributed by atoms with Gasteiger partial charge in [-0.3, -0.25) is 4.79 Å². The van der Waals surface area contributed by atoms with Crippen LogP contribution in [0.4, 0.5) is 0 Å². The Labute approximate surface area is 98.2 Å². The molecule has 2 rings (SSSR count). The molecule has 0 radical (unpaired) electrons. The van der Waals surface area contributed by atoms with Crippen LogP contribution in [0.15, 0.2) is 0 Å². The van der Waals surface area contributed by atoms with Crippen LogP contribution < -0.4 is 0 Å². The first-order chi connectivity index (χ1) is 7.72. The molecule has 2 aliphatic rings. The van der Waals surface area contributed by atoms with Crippen LogP contribution in [0.25, 0.3) is 0 Å². The summed E-state index contributed by atoms with van der Waals surface area (Å²) in [6.45, 7) is 4.25. The SMILES string of the molecule is CC(=O)OC[C@H]1O[C@@H]2OC(C)(C)OC2C1(O)O. The average Bonchev–Trinajstić information content (AvgIpc) is 2.57. The third kappa shape index (κ3) is 2.29. The van der Waals surface area contributed by atoms with Crippen molar-refractivity contribution in [3.05, 3.63) is 0 Å². The van der Waals surface area contributed by atoms with Crippen LogP contribution in [0.1, 0.15) is 20.8 Å². The smallest absolute Gasteiger partial charge is 0.302 e. The molecule has 7 nitrogen and oxygen atoms in total. The summed E-state index contributed by atoms with van der Waals surface area (Å²) in [6, 6.07) is 0. The van der Waals surface area contributed by atoms with E-state index in [1.807, 2.05) is 0 Å². The van der Waals surface area contributed by atoms with Crippen LogP contribution in [-0.2, 0) is 23.7 Å². The molecule has 7 heteroatoms. The molecule has 0 aromatic heterocycles. The summed E-state index contributed by atoms with van der Waals surface area (Å²) >= 11 is 0. The van der Waals surface area contributed by atoms with Crippen LogP contribution in [0.2, 0.25) is 0 Å². The maximum atomic E-state index is 10.7. The van der Waals surface area contributed by atoms with Gasteiger partial charge in [-0.05, 0) is 13.8 Å². The summed E-state index contributed by atoms with van der Waals surface area (Å²) in [4.78, 5) is 10.7. The van der Waals surface area contributed by atoms with Crippen molar-refractivity contribution in [2.24, 2.45) is 0 Å². The van der Waals surface area contributed by atoms with E-state index in [0.717, 1.165) is 0 Å². The summed E-state index contributed by atoms with van der Waals surface area (Å²) in [5.41, 5.74) is 0. The lowest BCUT2D eigenvalue weighted by atomic mass is 10.1. The average molecular weight is 248 g/mol. The van der Waals surface area contributed by atoms with Crippen molar-refractivity contribution in [1.29, 1.82) is 0 Å². The maximum Gasteiger partial charge on any atom is 0.302 e. The fourth-order valence-corrected chi connectivity index (χ4v) is 1.92. The second-order valence-corrected chi connectivity index (χ2v) is 4.63. The van der Waals surface area contributed by atoms with E-state index in [0.29, 0.717) is 0 Å². The molecule has 98 valence electrons. The lowest BCUT2D eigenvalue weighted by Crippen LogP contribution is -2.50. The van der Waals surface area contributed by atoms with Gasteiger partial charge in [0.05, 0.1) is 0 Å². The zero-order valence-corrected chi connectivity index (χ0v) is 9.87. The first kappa shape index (κ1) is 12.7. The Morgan fingerprint density at radius 1 is 1.35 bits per heavy atom. The third-order valence-corrected chi connectivity index (χ3v) is 2.69. The molecule has 0 aromatic rings. The molecule has 0 saturated carbocycles. The molecule has 17 heavy (non-hydrogen) atoms. The fourth-order valence-electron chi connectivity index (χ4n) is 1.92. The molecular formula is C10H16O7. The molecule has 1 unspecified atom stereocenters. The van der Waals surface area contributed by atoms with Crippen molar-refractivity contribution in [3.8, 4) is 0 Å². The van der Waals surface area contributed by atoms with E-state index < -0.39 is 36.0 Å². The van der Waals surface area contributed by atoms with E-state index in [9.17, 15) is 15.0 Å². The van der Waals surface area contributed by atoms with Crippen molar-refractivity contribution < 1.29 is 34.0 Å². The normalized spacial score (nSPS) is 37.8. The fraction of sp³-hybridized carbons (Fsp3) is 0.900. The van der Waals surface area contributed by atoms with Crippen LogP contribution in [0.5, 0.6) is 0 Å². The van der Waals surface area contributed by atoms with Crippen molar-refractivity contribution >= 4 is 5.97 Å². The molecular weight excluding hydrogens is 232 g/mol. The highest BCUT2D eigenvalue weighted by molar-refractivity contribution is 5.65. The van der Waals surface area contributed by atoms with Gasteiger partial charge in [-0.1, -0.05) is 0 Å². The molecule has 0 bridgehead atoms. The second kappa shape index (κ2) is 3.89. The van der Waals surface area contributed by atoms with Crippen molar-refractivity contribution in [2.75, 3.05) is 6.61 Å². The van der Waals surface area contributed by atoms with Gasteiger partial charge in [0.2, 0.25) is 5.79 Å². The first-order valence-electron chi connectivity index (χ1n) is 5.31. The Bertz CT molecular complexity index is 325. The van der Waals surface area contributed by atoms with Gasteiger partial charge in [0.25, 0.3) is 0 Å². The Morgan fingerprint density at radius 3 is 2.53 bits per heavy atom. The molecule has 2 saturated heterocycles. The maximum absolute atomic E-state index is 10.7. The van der Waals surface area contributed by atoms with Crippen molar-refractivity contribution in [1.82, 2.24) is 0 Å². The zero-order valence-electron chi connectivity index (χ0n) is 9.87. The number of fused-ring (bicyclic) bond motifs is 1. The standard InChI is InChI=1S/C10H16O7/c1-5(11)14-4-6-10(12,13)7-8(15-6)17-9(2,3)16-7/h6-8,12-13H,4H2,1-3H3/t6-,7?,8-/m1/s1. The molecule has 0 spiro atoms. The molecule has 2 fully saturated rings. The van der Waals surface area contributed by atoms with E-state index in [2.05, 4.69) is 4.74 Å². The third-order valence-electron chi connectivity index (χ3n) is 2.69. The predicted octanol–water partition coefficient (Wildman–Crippen LogP) is -0.893. The van der Waals surface area contributed by atoms with E-state index >= 15 is 0 Å². The monoisotopic (exact) mass is 248 g/mol. The Balaban J connectivity index is 2.04. The van der Waals surface area contributed by atoms with E-state index in [1.165, 1.54) is 6.92 Å². The van der Waals surface area contributed by atoms with Gasteiger partial charge < -0.3 is 29.2 Å². The molecule has 0 aliphatic carbocycles. The molecule has 0 aromatic carbocycles. The Morgan fingerprint density at radius 2 is 2.00 bits per heavy atom. The second-order valence-electron chi connectivity index (χ2n) is 4.63. The number of carbonyl (C=O) groups is 1. The van der Waals surface area contributed by atoms with Gasteiger partial charge in [0, 0.05) is 6.92 Å². The zero-order chi connectivity index (χ0) is 12.8. The van der Waals surface area contributed by atoms with E-state index in [-0.39, 0.29) is 6.61 Å². The number of hydrogen-bond donors (Lipinski definition) is 2. The van der Waals surface area contributed by atoms with Gasteiger partial charge in [0.1, 0.15) is 6.61 Å². The van der Waals surface area contributed by atoms with Crippen molar-refractivity contribution in [2.45, 2.75) is 50.8 Å². The highest BCUT2D eigenvalue weighted by Gasteiger charge is 2.63. The number of carbonyl (C=O) groups excluding carboxylic acids is 1. The van der Waals surface area contributed by atoms with Gasteiger partial charge in [-0.25, -0.2) is 0 Å². The van der Waals surface area contributed by atoms with Gasteiger partial charge in [-0.2, -0.15) is 0 Å². The molecule has 2 aliphatic heterocycles. The first-order valence-corrected chi connectivity index (χ1v) is 5.31. The lowest BCUT2D eigenvalue weighted by molar-refractivity contribution is -0.285. The highest BCUT2D eigenvalue weighted by Crippen LogP contribution is 2.41. The van der Waals surface area contributed by atoms with Crippen LogP contribution in [0.3, 0.4) is 0 Å². The summed E-state index contributed by atoms with van der Waals surface area (Å²) < 4.78 is 20.6. The Hall–Kier alpha value is -0.730. The summed E-state index contributed by atoms with van der Waals surface area (Å²) in [5, 5.41) is 19.8. The number of aliphatic hydroxyl groups is 2. The van der Waals surface area contributed by atoms with Crippen LogP contribution in [-0.4, -0.2) is 52.9 Å². The van der Waals surface area contributed by atoms with E-state index in [1.54, 1.807) is 13.8 Å². The van der Waals surface area contributed by atoms with E-state index in [4.69, 9.17) is 14.2 Å². The summed E-state index contributed by atoms with van der Waals surface area (Å²) in [5.74, 6) is -3.70. The van der Waals surface area contributed by atoms with Crippen molar-refractivity contribution in [3.63, 3.8) is 0 Å². The molecule has 3 atom stereocenters. The summed E-state index contributed by atoms with van der Waals surface area (Å²) in [6.07, 6.45) is -2.98. The highest BCUT2D eigenvalue weighted by atomic mass is 16.9. The molecule has 2 heterocycles. The quantitative estimate of drug-likeness (QED) is 0.483.